The van der Waals surface area contributed by atoms with Crippen molar-refractivity contribution in [2.45, 2.75) is 26.7 Å². The summed E-state index contributed by atoms with van der Waals surface area (Å²) in [6.07, 6.45) is 2.37. The van der Waals surface area contributed by atoms with Gasteiger partial charge in [-0.25, -0.2) is 0 Å². The van der Waals surface area contributed by atoms with Crippen LogP contribution in [0, 0.1) is 0 Å². The van der Waals surface area contributed by atoms with Crippen LogP contribution in [0.1, 0.15) is 25.0 Å². The van der Waals surface area contributed by atoms with E-state index in [2.05, 4.69) is 26.0 Å². The van der Waals surface area contributed by atoms with E-state index >= 15 is 0 Å². The van der Waals surface area contributed by atoms with Gasteiger partial charge < -0.3 is 0 Å². The van der Waals surface area contributed by atoms with Gasteiger partial charge in [-0.3, -0.25) is 0 Å². The van der Waals surface area contributed by atoms with E-state index in [1.165, 1.54) is 17.5 Å². The molecule has 0 aromatic carbocycles. The first-order valence-electron chi connectivity index (χ1n) is 4.18. The van der Waals surface area contributed by atoms with Gasteiger partial charge in [0.2, 0.25) is 0 Å². The van der Waals surface area contributed by atoms with E-state index in [0.29, 0.717) is 0 Å². The third kappa shape index (κ3) is 0.951. The Morgan fingerprint density at radius 3 is 2.00 bits per heavy atom. The Morgan fingerprint density at radius 2 is 1.64 bits per heavy atom. The average molecular weight is 164 g/mol. The number of rotatable bonds is 2. The summed E-state index contributed by atoms with van der Waals surface area (Å²) in [6, 6.07) is 4.64. The zero-order valence-corrected chi connectivity index (χ0v) is 7.79. The summed E-state index contributed by atoms with van der Waals surface area (Å²) in [4.78, 5) is 0. The van der Waals surface area contributed by atoms with Crippen molar-refractivity contribution in [3.05, 3.63) is 23.3 Å². The molecule has 0 unspecified atom stereocenters. The maximum absolute atomic E-state index is 2.32. The Labute approximate surface area is 71.2 Å². The van der Waals surface area contributed by atoms with Gasteiger partial charge in [0.25, 0.3) is 0 Å². The first-order chi connectivity index (χ1) is 5.35. The lowest BCUT2D eigenvalue weighted by atomic mass is 10.1. The molecule has 2 heterocycles. The van der Waals surface area contributed by atoms with E-state index in [1.54, 1.807) is 15.8 Å². The minimum atomic E-state index is 1.18. The summed E-state index contributed by atoms with van der Waals surface area (Å²) in [5, 5.41) is 0. The summed E-state index contributed by atoms with van der Waals surface area (Å²) < 4.78 is 3.00. The van der Waals surface area contributed by atoms with Crippen molar-refractivity contribution in [3.8, 4) is 0 Å². The SMILES string of the molecule is CCc1cc2cc(CC)c1s2. The summed E-state index contributed by atoms with van der Waals surface area (Å²) >= 11 is 1.94. The molecule has 0 aliphatic carbocycles. The van der Waals surface area contributed by atoms with Crippen LogP contribution in [-0.4, -0.2) is 0 Å². The molecule has 0 atom stereocenters. The van der Waals surface area contributed by atoms with Crippen molar-refractivity contribution in [2.75, 3.05) is 0 Å². The highest BCUT2D eigenvalue weighted by Crippen LogP contribution is 2.33. The summed E-state index contributed by atoms with van der Waals surface area (Å²) in [6.45, 7) is 4.46. The Morgan fingerprint density at radius 1 is 1.09 bits per heavy atom. The number of benzene rings is 1. The minimum absolute atomic E-state index is 1.18. The molecule has 0 aliphatic heterocycles. The second kappa shape index (κ2) is 2.49. The fourth-order valence-electron chi connectivity index (χ4n) is 1.56. The molecule has 2 rings (SSSR count). The maximum atomic E-state index is 2.32. The molecule has 2 aromatic rings. The van der Waals surface area contributed by atoms with Gasteiger partial charge in [-0.2, -0.15) is 0 Å². The third-order valence-electron chi connectivity index (χ3n) is 2.20. The van der Waals surface area contributed by atoms with Gasteiger partial charge in [0.05, 0.1) is 0 Å². The monoisotopic (exact) mass is 164 g/mol. The van der Waals surface area contributed by atoms with Crippen LogP contribution in [0.4, 0.5) is 0 Å². The molecule has 0 fully saturated rings. The van der Waals surface area contributed by atoms with Gasteiger partial charge >= 0.3 is 0 Å². The number of fused-ring (bicyclic) bond motifs is 2. The zero-order chi connectivity index (χ0) is 7.84. The van der Waals surface area contributed by atoms with Gasteiger partial charge in [0, 0.05) is 9.40 Å². The van der Waals surface area contributed by atoms with Gasteiger partial charge in [-0.05, 0) is 36.1 Å². The number of aryl methyl sites for hydroxylation is 2. The lowest BCUT2D eigenvalue weighted by molar-refractivity contribution is 1.13. The molecule has 0 N–H and O–H groups in total. The highest BCUT2D eigenvalue weighted by Gasteiger charge is 2.08. The van der Waals surface area contributed by atoms with Crippen molar-refractivity contribution in [1.82, 2.24) is 0 Å². The van der Waals surface area contributed by atoms with E-state index in [1.807, 2.05) is 11.3 Å². The number of thiophene rings is 2. The van der Waals surface area contributed by atoms with Crippen LogP contribution in [0.3, 0.4) is 0 Å². The van der Waals surface area contributed by atoms with E-state index in [4.69, 9.17) is 0 Å². The van der Waals surface area contributed by atoms with E-state index in [9.17, 15) is 0 Å². The molecule has 0 aliphatic rings. The fourth-order valence-corrected chi connectivity index (χ4v) is 2.86. The first-order valence-corrected chi connectivity index (χ1v) is 5.00. The van der Waals surface area contributed by atoms with Crippen LogP contribution in [0.15, 0.2) is 12.1 Å². The van der Waals surface area contributed by atoms with Crippen LogP contribution in [0.25, 0.3) is 9.40 Å². The largest absolute Gasteiger partial charge is 0.136 e. The van der Waals surface area contributed by atoms with Crippen molar-refractivity contribution < 1.29 is 0 Å². The summed E-state index contributed by atoms with van der Waals surface area (Å²) in [5.41, 5.74) is 3.09. The Bertz CT molecular complexity index is 317. The van der Waals surface area contributed by atoms with E-state index < -0.39 is 0 Å². The topological polar surface area (TPSA) is 0 Å². The summed E-state index contributed by atoms with van der Waals surface area (Å²) in [7, 11) is 0. The molecule has 0 radical (unpaired) electrons. The van der Waals surface area contributed by atoms with Crippen LogP contribution in [-0.2, 0) is 12.8 Å². The molecule has 0 saturated carbocycles. The van der Waals surface area contributed by atoms with E-state index in [-0.39, 0.29) is 0 Å². The number of hydrogen-bond donors (Lipinski definition) is 0. The van der Waals surface area contributed by atoms with Crippen LogP contribution in [0.2, 0.25) is 0 Å². The Balaban J connectivity index is 2.61. The molecule has 2 bridgehead atoms. The highest BCUT2D eigenvalue weighted by atomic mass is 32.1. The van der Waals surface area contributed by atoms with Crippen molar-refractivity contribution in [1.29, 1.82) is 0 Å². The minimum Gasteiger partial charge on any atom is -0.136 e. The van der Waals surface area contributed by atoms with Crippen molar-refractivity contribution >= 4 is 20.7 Å². The maximum Gasteiger partial charge on any atom is 0.0341 e. The van der Waals surface area contributed by atoms with Crippen LogP contribution in [0.5, 0.6) is 0 Å². The second-order valence-corrected chi connectivity index (χ2v) is 3.96. The van der Waals surface area contributed by atoms with Gasteiger partial charge in [0.15, 0.2) is 0 Å². The molecular formula is C10H12S. The van der Waals surface area contributed by atoms with Crippen molar-refractivity contribution in [3.63, 3.8) is 0 Å². The molecule has 58 valence electrons. The van der Waals surface area contributed by atoms with Gasteiger partial charge in [0.1, 0.15) is 0 Å². The average Bonchev–Trinajstić information content (AvgIpc) is 2.60. The molecule has 11 heavy (non-hydrogen) atoms. The second-order valence-electron chi connectivity index (χ2n) is 2.88. The molecule has 1 heteroatoms. The Hall–Kier alpha value is -0.560. The van der Waals surface area contributed by atoms with Crippen LogP contribution >= 0.6 is 11.3 Å². The predicted molar refractivity (Wildman–Crippen MR) is 51.8 cm³/mol. The molecule has 0 spiro atoms. The number of hydrogen-bond acceptors (Lipinski definition) is 1. The normalized spacial score (nSPS) is 11.5. The standard InChI is InChI=1S/C10H12S/c1-3-7-5-9-6-8(4-2)10(7)11-9/h5-6H,3-4H2,1-2H3. The quantitative estimate of drug-likeness (QED) is 0.637. The van der Waals surface area contributed by atoms with Crippen molar-refractivity contribution in [2.24, 2.45) is 0 Å². The summed E-state index contributed by atoms with van der Waals surface area (Å²) in [5.74, 6) is 0. The molecule has 0 amide bonds. The molecule has 0 saturated heterocycles. The predicted octanol–water partition coefficient (Wildman–Crippen LogP) is 3.46. The lowest BCUT2D eigenvalue weighted by Gasteiger charge is -1.96. The fraction of sp³-hybridized carbons (Fsp3) is 0.400. The molecular weight excluding hydrogens is 152 g/mol. The molecule has 0 nitrogen and oxygen atoms in total. The highest BCUT2D eigenvalue weighted by molar-refractivity contribution is 7.24. The van der Waals surface area contributed by atoms with Gasteiger partial charge in [-0.15, -0.1) is 11.3 Å². The molecule has 2 aromatic heterocycles. The first kappa shape index (κ1) is 7.11. The van der Waals surface area contributed by atoms with Crippen LogP contribution < -0.4 is 0 Å². The lowest BCUT2D eigenvalue weighted by Crippen LogP contribution is -1.81. The van der Waals surface area contributed by atoms with E-state index in [0.717, 1.165) is 0 Å². The Kier molecular flexibility index (Phi) is 1.61. The van der Waals surface area contributed by atoms with Gasteiger partial charge in [-0.1, -0.05) is 13.8 Å². The zero-order valence-electron chi connectivity index (χ0n) is 6.98. The smallest absolute Gasteiger partial charge is 0.0341 e. The third-order valence-corrected chi connectivity index (χ3v) is 3.40.